The van der Waals surface area contributed by atoms with Crippen LogP contribution in [0.3, 0.4) is 0 Å². The van der Waals surface area contributed by atoms with Gasteiger partial charge in [0.25, 0.3) is 0 Å². The molecule has 1 spiro atoms. The zero-order valence-electron chi connectivity index (χ0n) is 41.9. The van der Waals surface area contributed by atoms with Crippen LogP contribution in [0.5, 0.6) is 0 Å². The Bertz CT molecular complexity index is 4590. The van der Waals surface area contributed by atoms with Gasteiger partial charge in [-0.3, -0.25) is 0 Å². The minimum absolute atomic E-state index is 0.484. The molecule has 14 aromatic rings. The van der Waals surface area contributed by atoms with Gasteiger partial charge in [-0.2, -0.15) is 0 Å². The quantitative estimate of drug-likeness (QED) is 0.152. The molecule has 2 aliphatic rings. The number of nitrogens with zero attached hydrogens (tertiary/aromatic N) is 3. The van der Waals surface area contributed by atoms with Crippen molar-refractivity contribution in [2.75, 3.05) is 9.80 Å². The summed E-state index contributed by atoms with van der Waals surface area (Å²) in [6.07, 6.45) is 0. The van der Waals surface area contributed by atoms with Gasteiger partial charge in [0.15, 0.2) is 5.58 Å². The fraction of sp³-hybridized carbons (Fsp3) is 0.0137. The molecule has 2 aliphatic carbocycles. The lowest BCUT2D eigenvalue weighted by Crippen LogP contribution is -2.25. The molecule has 0 saturated carbocycles. The Morgan fingerprint density at radius 1 is 0.325 bits per heavy atom. The third kappa shape index (κ3) is 6.33. The van der Waals surface area contributed by atoms with Crippen molar-refractivity contribution in [1.29, 1.82) is 0 Å². The van der Waals surface area contributed by atoms with Gasteiger partial charge in [-0.25, -0.2) is 0 Å². The summed E-state index contributed by atoms with van der Waals surface area (Å²) in [5.41, 5.74) is 23.6. The van der Waals surface area contributed by atoms with Gasteiger partial charge in [0.2, 0.25) is 0 Å². The first-order valence-corrected chi connectivity index (χ1v) is 26.5. The highest BCUT2D eigenvalue weighted by molar-refractivity contribution is 6.20. The molecular formula is C73H47N3O. The van der Waals surface area contributed by atoms with E-state index in [2.05, 4.69) is 299 Å². The van der Waals surface area contributed by atoms with E-state index in [9.17, 15) is 0 Å². The summed E-state index contributed by atoms with van der Waals surface area (Å²) in [6.45, 7) is 0. The molecule has 2 aromatic heterocycles. The normalized spacial score (nSPS) is 12.8. The number of hydrogen-bond donors (Lipinski definition) is 0. The topological polar surface area (TPSA) is 24.6 Å². The molecule has 0 N–H and O–H groups in total. The van der Waals surface area contributed by atoms with Crippen LogP contribution in [0.15, 0.2) is 290 Å². The molecule has 12 aromatic carbocycles. The Balaban J connectivity index is 0.964. The van der Waals surface area contributed by atoms with Crippen LogP contribution in [0.25, 0.3) is 82.8 Å². The highest BCUT2D eigenvalue weighted by Crippen LogP contribution is 2.64. The van der Waals surface area contributed by atoms with E-state index in [0.717, 1.165) is 67.3 Å². The van der Waals surface area contributed by atoms with Crippen molar-refractivity contribution >= 4 is 77.9 Å². The molecule has 4 heteroatoms. The molecule has 0 unspecified atom stereocenters. The number of furan rings is 1. The van der Waals surface area contributed by atoms with E-state index in [4.69, 9.17) is 4.42 Å². The molecule has 2 heterocycles. The molecule has 0 aliphatic heterocycles. The summed E-state index contributed by atoms with van der Waals surface area (Å²) >= 11 is 0. The van der Waals surface area contributed by atoms with Gasteiger partial charge >= 0.3 is 0 Å². The summed E-state index contributed by atoms with van der Waals surface area (Å²) in [6, 6.07) is 104. The van der Waals surface area contributed by atoms with E-state index in [0.29, 0.717) is 0 Å². The van der Waals surface area contributed by atoms with Gasteiger partial charge in [0, 0.05) is 55.7 Å². The smallest absolute Gasteiger partial charge is 0.159 e. The zero-order valence-corrected chi connectivity index (χ0v) is 41.9. The molecule has 4 nitrogen and oxygen atoms in total. The number of hydrogen-bond acceptors (Lipinski definition) is 3. The molecular weight excluding hydrogens is 935 g/mol. The summed E-state index contributed by atoms with van der Waals surface area (Å²) < 4.78 is 9.41. The van der Waals surface area contributed by atoms with Crippen LogP contribution < -0.4 is 9.80 Å². The Kier molecular flexibility index (Phi) is 9.52. The van der Waals surface area contributed by atoms with E-state index >= 15 is 0 Å². The van der Waals surface area contributed by atoms with Gasteiger partial charge < -0.3 is 18.8 Å². The first-order valence-electron chi connectivity index (χ1n) is 26.5. The second-order valence-corrected chi connectivity index (χ2v) is 20.3. The molecule has 0 amide bonds. The maximum absolute atomic E-state index is 6.95. The summed E-state index contributed by atoms with van der Waals surface area (Å²) in [5.74, 6) is 0. The number of anilines is 6. The predicted octanol–water partition coefficient (Wildman–Crippen LogP) is 19.6. The zero-order chi connectivity index (χ0) is 50.6. The lowest BCUT2D eigenvalue weighted by Gasteiger charge is -2.30. The average Bonchev–Trinajstić information content (AvgIpc) is 4.43. The molecule has 16 rings (SSSR count). The van der Waals surface area contributed by atoms with E-state index in [1.54, 1.807) is 0 Å². The third-order valence-corrected chi connectivity index (χ3v) is 16.4. The fourth-order valence-corrected chi connectivity index (χ4v) is 13.2. The minimum Gasteiger partial charge on any atom is -0.454 e. The Labute approximate surface area is 446 Å². The number of para-hydroxylation sites is 4. The van der Waals surface area contributed by atoms with Gasteiger partial charge in [-0.05, 0) is 147 Å². The first-order chi connectivity index (χ1) is 38.2. The van der Waals surface area contributed by atoms with Crippen molar-refractivity contribution in [2.45, 2.75) is 5.41 Å². The molecule has 0 radical (unpaired) electrons. The summed E-state index contributed by atoms with van der Waals surface area (Å²) in [4.78, 5) is 4.76. The van der Waals surface area contributed by atoms with Crippen LogP contribution in [0, 0.1) is 0 Å². The standard InChI is InChI=1S/C73H47N3O/c1-4-20-48(21-5-1)49-38-40-52(41-39-49)74(50-22-6-2-7-23-50)53-26-18-27-54(46-53)75(68-36-19-32-59-58-30-13-17-37-69(58)77-72(59)68)55-42-44-66-61(47-55)71-67(76(66)51-24-8-3-9-25-51)45-43-65-70(71)60-31-12-16-35-64(60)73(65)62-33-14-10-28-56(62)57-29-11-15-34-63(57)73/h1-47H. The second-order valence-electron chi connectivity index (χ2n) is 20.3. The Morgan fingerprint density at radius 2 is 0.844 bits per heavy atom. The van der Waals surface area contributed by atoms with Crippen LogP contribution in [-0.4, -0.2) is 4.57 Å². The summed E-state index contributed by atoms with van der Waals surface area (Å²) in [5, 5.41) is 4.57. The van der Waals surface area contributed by atoms with E-state index in [1.807, 2.05) is 0 Å². The molecule has 0 fully saturated rings. The van der Waals surface area contributed by atoms with Crippen LogP contribution in [-0.2, 0) is 5.41 Å². The maximum atomic E-state index is 6.95. The Morgan fingerprint density at radius 3 is 1.58 bits per heavy atom. The van der Waals surface area contributed by atoms with Crippen LogP contribution in [0.2, 0.25) is 0 Å². The van der Waals surface area contributed by atoms with Crippen molar-refractivity contribution < 1.29 is 4.42 Å². The lowest BCUT2D eigenvalue weighted by atomic mass is 9.70. The molecule has 0 bridgehead atoms. The molecule has 0 saturated heterocycles. The number of benzene rings is 12. The van der Waals surface area contributed by atoms with E-state index in [1.165, 1.54) is 71.9 Å². The van der Waals surface area contributed by atoms with Gasteiger partial charge in [-0.1, -0.05) is 194 Å². The van der Waals surface area contributed by atoms with Crippen molar-refractivity contribution in [2.24, 2.45) is 0 Å². The number of aromatic nitrogens is 1. The van der Waals surface area contributed by atoms with Gasteiger partial charge in [0.1, 0.15) is 5.58 Å². The van der Waals surface area contributed by atoms with Crippen molar-refractivity contribution in [3.63, 3.8) is 0 Å². The second kappa shape index (κ2) is 16.9. The highest BCUT2D eigenvalue weighted by atomic mass is 16.3. The third-order valence-electron chi connectivity index (χ3n) is 16.4. The first kappa shape index (κ1) is 43.3. The predicted molar refractivity (Wildman–Crippen MR) is 319 cm³/mol. The van der Waals surface area contributed by atoms with Crippen LogP contribution in [0.1, 0.15) is 22.3 Å². The molecule has 77 heavy (non-hydrogen) atoms. The van der Waals surface area contributed by atoms with E-state index in [-0.39, 0.29) is 0 Å². The van der Waals surface area contributed by atoms with Crippen molar-refractivity contribution in [1.82, 2.24) is 4.57 Å². The Hall–Kier alpha value is -10.2. The van der Waals surface area contributed by atoms with Gasteiger partial charge in [-0.15, -0.1) is 0 Å². The monoisotopic (exact) mass is 981 g/mol. The summed E-state index contributed by atoms with van der Waals surface area (Å²) in [7, 11) is 0. The van der Waals surface area contributed by atoms with Crippen LogP contribution >= 0.6 is 0 Å². The van der Waals surface area contributed by atoms with Crippen molar-refractivity contribution in [3.8, 4) is 39.1 Å². The van der Waals surface area contributed by atoms with Crippen LogP contribution in [0.4, 0.5) is 34.1 Å². The number of rotatable bonds is 8. The minimum atomic E-state index is -0.484. The lowest BCUT2D eigenvalue weighted by molar-refractivity contribution is 0.669. The largest absolute Gasteiger partial charge is 0.454 e. The highest BCUT2D eigenvalue weighted by Gasteiger charge is 2.52. The number of fused-ring (bicyclic) bond motifs is 17. The fourth-order valence-electron chi connectivity index (χ4n) is 13.2. The SMILES string of the molecule is c1ccc(-c2ccc(N(c3ccccc3)c3cccc(N(c4ccc5c(c4)c4c6c(ccc4n5-c4ccccc4)C4(c5ccccc5-c5ccccc54)c4ccccc4-6)c4cccc5c4oc4ccccc45)c3)cc2)cc1. The average molecular weight is 982 g/mol. The maximum Gasteiger partial charge on any atom is 0.159 e. The molecule has 0 atom stereocenters. The van der Waals surface area contributed by atoms with Crippen molar-refractivity contribution in [3.05, 3.63) is 307 Å². The van der Waals surface area contributed by atoms with E-state index < -0.39 is 5.41 Å². The molecule has 360 valence electrons. The van der Waals surface area contributed by atoms with Gasteiger partial charge in [0.05, 0.1) is 22.1 Å².